The van der Waals surface area contributed by atoms with Gasteiger partial charge in [-0.3, -0.25) is 9.59 Å². The van der Waals surface area contributed by atoms with Gasteiger partial charge in [-0.05, 0) is 13.8 Å². The van der Waals surface area contributed by atoms with Crippen molar-refractivity contribution in [3.05, 3.63) is 33.4 Å². The molecule has 2 N–H and O–H groups in total. The molecule has 0 bridgehead atoms. The molecule has 2 aromatic rings. The van der Waals surface area contributed by atoms with Crippen LogP contribution in [-0.4, -0.2) is 36.6 Å². The number of amides is 1. The largest absolute Gasteiger partial charge is 0.390 e. The molecule has 7 heteroatoms. The Labute approximate surface area is 108 Å². The number of fused-ring (bicyclic) bond motifs is 2. The van der Waals surface area contributed by atoms with Crippen molar-refractivity contribution in [2.24, 2.45) is 0 Å². The van der Waals surface area contributed by atoms with Crippen LogP contribution in [-0.2, 0) is 13.2 Å². The van der Waals surface area contributed by atoms with E-state index in [1.807, 2.05) is 13.8 Å². The predicted octanol–water partition coefficient (Wildman–Crippen LogP) is -0.121. The molecule has 0 saturated heterocycles. The van der Waals surface area contributed by atoms with Crippen LogP contribution in [0.1, 0.15) is 35.6 Å². The van der Waals surface area contributed by atoms with Crippen molar-refractivity contribution in [2.45, 2.75) is 33.0 Å². The van der Waals surface area contributed by atoms with Crippen LogP contribution in [0.3, 0.4) is 0 Å². The molecule has 0 unspecified atom stereocenters. The molecule has 0 saturated carbocycles. The number of H-pyrrole nitrogens is 1. The third kappa shape index (κ3) is 1.58. The predicted molar refractivity (Wildman–Crippen MR) is 66.7 cm³/mol. The lowest BCUT2D eigenvalue weighted by molar-refractivity contribution is 0.0726. The molecular weight excluding hydrogens is 248 g/mol. The topological polar surface area (TPSA) is 90.7 Å². The van der Waals surface area contributed by atoms with Gasteiger partial charge in [0.15, 0.2) is 0 Å². The summed E-state index contributed by atoms with van der Waals surface area (Å²) in [5.41, 5.74) is 1.27. The van der Waals surface area contributed by atoms with Crippen molar-refractivity contribution in [1.29, 1.82) is 0 Å². The molecule has 1 amide bonds. The van der Waals surface area contributed by atoms with E-state index in [2.05, 4.69) is 10.1 Å². The molecule has 0 spiro atoms. The number of aromatic amines is 1. The van der Waals surface area contributed by atoms with E-state index in [0.29, 0.717) is 29.1 Å². The monoisotopic (exact) mass is 262 g/mol. The fourth-order valence-corrected chi connectivity index (χ4v) is 2.32. The molecule has 19 heavy (non-hydrogen) atoms. The first-order valence-electron chi connectivity index (χ1n) is 6.08. The van der Waals surface area contributed by atoms with Crippen LogP contribution in [0.25, 0.3) is 5.65 Å². The second kappa shape index (κ2) is 3.92. The van der Waals surface area contributed by atoms with E-state index >= 15 is 0 Å². The quantitative estimate of drug-likeness (QED) is 0.789. The number of nitrogens with zero attached hydrogens (tertiary/aromatic N) is 3. The van der Waals surface area contributed by atoms with E-state index in [4.69, 9.17) is 5.11 Å². The molecule has 0 radical (unpaired) electrons. The average Bonchev–Trinajstić information content (AvgIpc) is 2.92. The van der Waals surface area contributed by atoms with Crippen LogP contribution in [0.4, 0.5) is 0 Å². The van der Waals surface area contributed by atoms with Crippen molar-refractivity contribution in [2.75, 3.05) is 0 Å². The molecule has 0 fully saturated rings. The molecule has 2 aromatic heterocycles. The maximum atomic E-state index is 12.3. The number of hydrogen-bond donors (Lipinski definition) is 2. The Bertz CT molecular complexity index is 728. The zero-order valence-corrected chi connectivity index (χ0v) is 10.7. The fraction of sp³-hybridized carbons (Fsp3) is 0.417. The summed E-state index contributed by atoms with van der Waals surface area (Å²) in [5.74, 6) is -0.170. The van der Waals surface area contributed by atoms with Crippen molar-refractivity contribution < 1.29 is 9.90 Å². The summed E-state index contributed by atoms with van der Waals surface area (Å²) in [6, 6.07) is 1.60. The van der Waals surface area contributed by atoms with Gasteiger partial charge in [-0.2, -0.15) is 9.61 Å². The first-order chi connectivity index (χ1) is 9.02. The van der Waals surface area contributed by atoms with Crippen molar-refractivity contribution in [3.63, 3.8) is 0 Å². The fourth-order valence-electron chi connectivity index (χ4n) is 2.32. The van der Waals surface area contributed by atoms with Crippen LogP contribution < -0.4 is 5.56 Å². The van der Waals surface area contributed by atoms with Gasteiger partial charge >= 0.3 is 0 Å². The highest BCUT2D eigenvalue weighted by Gasteiger charge is 2.33. The first-order valence-corrected chi connectivity index (χ1v) is 6.08. The van der Waals surface area contributed by atoms with Gasteiger partial charge in [0.05, 0.1) is 24.4 Å². The number of aromatic nitrogens is 3. The number of carbonyl (C=O) groups excluding carboxylic acids is 1. The Kier molecular flexibility index (Phi) is 2.46. The first kappa shape index (κ1) is 11.9. The summed E-state index contributed by atoms with van der Waals surface area (Å²) in [6.07, 6.45) is 0. The van der Waals surface area contributed by atoms with Crippen molar-refractivity contribution in [3.8, 4) is 0 Å². The Balaban J connectivity index is 2.23. The summed E-state index contributed by atoms with van der Waals surface area (Å²) in [4.78, 5) is 29.0. The van der Waals surface area contributed by atoms with E-state index in [1.54, 1.807) is 11.0 Å². The van der Waals surface area contributed by atoms with Gasteiger partial charge in [0, 0.05) is 12.1 Å². The summed E-state index contributed by atoms with van der Waals surface area (Å²) in [5, 5.41) is 13.0. The van der Waals surface area contributed by atoms with Crippen LogP contribution >= 0.6 is 0 Å². The molecule has 0 aliphatic carbocycles. The van der Waals surface area contributed by atoms with E-state index in [9.17, 15) is 9.59 Å². The van der Waals surface area contributed by atoms with Crippen LogP contribution in [0.5, 0.6) is 0 Å². The van der Waals surface area contributed by atoms with Gasteiger partial charge in [-0.25, -0.2) is 0 Å². The van der Waals surface area contributed by atoms with Crippen LogP contribution in [0.15, 0.2) is 10.9 Å². The van der Waals surface area contributed by atoms with E-state index < -0.39 is 0 Å². The lowest BCUT2D eigenvalue weighted by Gasteiger charge is -2.19. The highest BCUT2D eigenvalue weighted by Crippen LogP contribution is 2.21. The number of rotatable bonds is 2. The second-order valence-electron chi connectivity index (χ2n) is 4.90. The average molecular weight is 262 g/mol. The zero-order valence-electron chi connectivity index (χ0n) is 10.7. The highest BCUT2D eigenvalue weighted by atomic mass is 16.3. The van der Waals surface area contributed by atoms with E-state index in [-0.39, 0.29) is 24.1 Å². The minimum absolute atomic E-state index is 0.0352. The molecule has 1 aliphatic rings. The van der Waals surface area contributed by atoms with Crippen molar-refractivity contribution >= 4 is 11.6 Å². The van der Waals surface area contributed by atoms with Gasteiger partial charge < -0.3 is 15.0 Å². The third-order valence-electron chi connectivity index (χ3n) is 3.35. The normalized spacial score (nSPS) is 14.7. The molecular formula is C12H14N4O3. The highest BCUT2D eigenvalue weighted by molar-refractivity contribution is 5.96. The molecule has 3 rings (SSSR count). The Morgan fingerprint density at radius 3 is 2.84 bits per heavy atom. The summed E-state index contributed by atoms with van der Waals surface area (Å²) < 4.78 is 1.20. The van der Waals surface area contributed by atoms with E-state index in [1.165, 1.54) is 4.52 Å². The standard InChI is InChI=1S/C12H14N4O3/c1-6(2)15-4-8-10(12(15)19)13-9-3-7(5-17)14-16(9)11(8)18/h3,6,13,17H,4-5H2,1-2H3. The van der Waals surface area contributed by atoms with Gasteiger partial charge in [-0.15, -0.1) is 0 Å². The molecule has 0 atom stereocenters. The summed E-state index contributed by atoms with van der Waals surface area (Å²) in [6.45, 7) is 3.86. The maximum Gasteiger partial charge on any atom is 0.280 e. The van der Waals surface area contributed by atoms with Gasteiger partial charge in [-0.1, -0.05) is 0 Å². The van der Waals surface area contributed by atoms with Crippen molar-refractivity contribution in [1.82, 2.24) is 19.5 Å². The number of carbonyl (C=O) groups is 1. The zero-order chi connectivity index (χ0) is 13.7. The Morgan fingerprint density at radius 1 is 1.47 bits per heavy atom. The van der Waals surface area contributed by atoms with Crippen LogP contribution in [0.2, 0.25) is 0 Å². The number of aliphatic hydroxyl groups is 1. The summed E-state index contributed by atoms with van der Waals surface area (Å²) >= 11 is 0. The lowest BCUT2D eigenvalue weighted by Crippen LogP contribution is -2.31. The molecule has 0 aromatic carbocycles. The number of hydrogen-bond acceptors (Lipinski definition) is 4. The van der Waals surface area contributed by atoms with Crippen LogP contribution in [0, 0.1) is 0 Å². The molecule has 100 valence electrons. The van der Waals surface area contributed by atoms with Gasteiger partial charge in [0.2, 0.25) is 0 Å². The third-order valence-corrected chi connectivity index (χ3v) is 3.35. The minimum Gasteiger partial charge on any atom is -0.390 e. The van der Waals surface area contributed by atoms with E-state index in [0.717, 1.165) is 0 Å². The molecule has 1 aliphatic heterocycles. The van der Waals surface area contributed by atoms with Gasteiger partial charge in [0.1, 0.15) is 11.3 Å². The SMILES string of the molecule is CC(C)N1Cc2c([nH]c3cc(CO)nn3c2=O)C1=O. The molecule has 3 heterocycles. The Morgan fingerprint density at radius 2 is 2.21 bits per heavy atom. The maximum absolute atomic E-state index is 12.3. The second-order valence-corrected chi connectivity index (χ2v) is 4.90. The smallest absolute Gasteiger partial charge is 0.280 e. The molecule has 7 nitrogen and oxygen atoms in total. The summed E-state index contributed by atoms with van der Waals surface area (Å²) in [7, 11) is 0. The minimum atomic E-state index is -0.306. The Hall–Kier alpha value is -2.15. The van der Waals surface area contributed by atoms with Gasteiger partial charge in [0.25, 0.3) is 11.5 Å². The number of aliphatic hydroxyl groups excluding tert-OH is 1. The number of nitrogens with one attached hydrogen (secondary N) is 1. The lowest BCUT2D eigenvalue weighted by atomic mass is 10.2.